The quantitative estimate of drug-likeness (QED) is 0.197. The molecule has 20 heavy (non-hydrogen) atoms. The fraction of sp³-hybridized carbons (Fsp3) is 0.900. The molecule has 10 heteroatoms. The van der Waals surface area contributed by atoms with Gasteiger partial charge in [-0.25, -0.2) is 0 Å². The topological polar surface area (TPSA) is 130 Å². The minimum absolute atomic E-state index is 0. The standard InChI is InChI=1S/C10H21NO2.2Na.H2O4S/c1-2-3-4-5-6-7-10(13)11-8-9-12;;;1-5(2,3)4/h12H,2-9H2,1H3,(H,11,13);;;(H2,1,2,3,4)/q;2*+1;/p-2. The van der Waals surface area contributed by atoms with Crippen LogP contribution in [0.3, 0.4) is 0 Å². The number of hydrogen-bond donors (Lipinski definition) is 2. The van der Waals surface area contributed by atoms with E-state index in [1.54, 1.807) is 0 Å². The molecule has 0 aliphatic carbocycles. The third-order valence-electron chi connectivity index (χ3n) is 1.94. The van der Waals surface area contributed by atoms with Gasteiger partial charge in [0.05, 0.1) is 6.61 Å². The van der Waals surface area contributed by atoms with E-state index in [1.165, 1.54) is 19.3 Å². The van der Waals surface area contributed by atoms with Crippen molar-refractivity contribution in [3.63, 3.8) is 0 Å². The van der Waals surface area contributed by atoms with E-state index in [4.69, 9.17) is 22.6 Å². The second kappa shape index (κ2) is 20.3. The third kappa shape index (κ3) is 42.7. The van der Waals surface area contributed by atoms with Crippen LogP contribution in [0.4, 0.5) is 0 Å². The van der Waals surface area contributed by atoms with Gasteiger partial charge in [-0.05, 0) is 6.42 Å². The smallest absolute Gasteiger partial charge is 0.759 e. The zero-order chi connectivity index (χ0) is 14.4. The van der Waals surface area contributed by atoms with Crippen molar-refractivity contribution in [3.8, 4) is 0 Å². The van der Waals surface area contributed by atoms with Gasteiger partial charge >= 0.3 is 59.1 Å². The van der Waals surface area contributed by atoms with Crippen LogP contribution in [0.2, 0.25) is 0 Å². The van der Waals surface area contributed by atoms with Crippen LogP contribution >= 0.6 is 0 Å². The molecule has 0 aromatic heterocycles. The summed E-state index contributed by atoms with van der Waals surface area (Å²) in [4.78, 5) is 11.0. The van der Waals surface area contributed by atoms with Gasteiger partial charge in [0.25, 0.3) is 0 Å². The fourth-order valence-corrected chi connectivity index (χ4v) is 1.17. The Hall–Kier alpha value is 1.30. The summed E-state index contributed by atoms with van der Waals surface area (Å²) in [5.74, 6) is 0.0607. The van der Waals surface area contributed by atoms with Gasteiger partial charge in [0.1, 0.15) is 0 Å². The summed E-state index contributed by atoms with van der Waals surface area (Å²) in [5.41, 5.74) is 0. The molecule has 0 aromatic carbocycles. The van der Waals surface area contributed by atoms with Gasteiger partial charge in [0.15, 0.2) is 0 Å². The maximum absolute atomic E-state index is 11.0. The van der Waals surface area contributed by atoms with E-state index in [1.807, 2.05) is 0 Å². The molecule has 110 valence electrons. The molecule has 0 spiro atoms. The molecule has 2 N–H and O–H groups in total. The number of rotatable bonds is 8. The molecule has 0 aliphatic rings. The van der Waals surface area contributed by atoms with Gasteiger partial charge in [-0.2, -0.15) is 0 Å². The molecule has 0 saturated heterocycles. The molecule has 0 aromatic rings. The Labute approximate surface area is 165 Å². The van der Waals surface area contributed by atoms with Gasteiger partial charge in [-0.1, -0.05) is 32.6 Å². The number of aliphatic hydroxyl groups is 1. The zero-order valence-corrected chi connectivity index (χ0v) is 17.4. The number of nitrogens with one attached hydrogen (secondary N) is 1. The predicted molar refractivity (Wildman–Crippen MR) is 63.9 cm³/mol. The van der Waals surface area contributed by atoms with Crippen LogP contribution in [-0.2, 0) is 15.2 Å². The van der Waals surface area contributed by atoms with Crippen LogP contribution in [0.15, 0.2) is 0 Å². The normalized spacial score (nSPS) is 9.40. The van der Waals surface area contributed by atoms with E-state index in [0.29, 0.717) is 13.0 Å². The molecular weight excluding hydrogens is 308 g/mol. The summed E-state index contributed by atoms with van der Waals surface area (Å²) in [6.45, 7) is 2.59. The molecule has 0 unspecified atom stereocenters. The first-order valence-electron chi connectivity index (χ1n) is 5.85. The second-order valence-electron chi connectivity index (χ2n) is 3.65. The Balaban J connectivity index is -0.000000158. The van der Waals surface area contributed by atoms with Crippen molar-refractivity contribution in [1.29, 1.82) is 0 Å². The number of carbonyl (C=O) groups excluding carboxylic acids is 1. The molecule has 0 heterocycles. The molecule has 7 nitrogen and oxygen atoms in total. The van der Waals surface area contributed by atoms with Crippen LogP contribution in [0.25, 0.3) is 0 Å². The van der Waals surface area contributed by atoms with Crippen molar-refractivity contribution in [1.82, 2.24) is 5.32 Å². The number of carbonyl (C=O) groups is 1. The monoisotopic (exact) mass is 329 g/mol. The van der Waals surface area contributed by atoms with E-state index < -0.39 is 10.4 Å². The molecule has 1 amide bonds. The molecule has 0 saturated carbocycles. The zero-order valence-electron chi connectivity index (χ0n) is 12.6. The predicted octanol–water partition coefficient (Wildman–Crippen LogP) is -5.87. The molecule has 0 bridgehead atoms. The molecule has 0 atom stereocenters. The van der Waals surface area contributed by atoms with E-state index >= 15 is 0 Å². The van der Waals surface area contributed by atoms with Gasteiger partial charge in [0.2, 0.25) is 5.91 Å². The van der Waals surface area contributed by atoms with Crippen LogP contribution in [0.5, 0.6) is 0 Å². The third-order valence-corrected chi connectivity index (χ3v) is 1.94. The summed E-state index contributed by atoms with van der Waals surface area (Å²) in [7, 11) is -5.17. The number of aliphatic hydroxyl groups excluding tert-OH is 1. The first kappa shape index (κ1) is 29.3. The van der Waals surface area contributed by atoms with Crippen LogP contribution in [0, 0.1) is 0 Å². The van der Waals surface area contributed by atoms with Gasteiger partial charge in [0, 0.05) is 23.4 Å². The largest absolute Gasteiger partial charge is 1.00 e. The van der Waals surface area contributed by atoms with E-state index in [9.17, 15) is 4.79 Å². The Kier molecular flexibility index (Phi) is 29.8. The Morgan fingerprint density at radius 3 is 1.95 bits per heavy atom. The van der Waals surface area contributed by atoms with Crippen LogP contribution in [-0.4, -0.2) is 41.7 Å². The van der Waals surface area contributed by atoms with Crippen molar-refractivity contribution in [2.75, 3.05) is 13.2 Å². The maximum Gasteiger partial charge on any atom is 1.00 e. The number of amides is 1. The van der Waals surface area contributed by atoms with Crippen molar-refractivity contribution < 1.29 is 86.5 Å². The molecule has 0 radical (unpaired) electrons. The summed E-state index contributed by atoms with van der Waals surface area (Å²) < 4.78 is 34.1. The fourth-order valence-electron chi connectivity index (χ4n) is 1.17. The van der Waals surface area contributed by atoms with E-state index in [0.717, 1.165) is 12.8 Å². The van der Waals surface area contributed by atoms with Crippen molar-refractivity contribution in [2.45, 2.75) is 45.4 Å². The average Bonchev–Trinajstić information content (AvgIpc) is 2.24. The maximum atomic E-state index is 11.0. The first-order chi connectivity index (χ1) is 8.31. The Bertz CT molecular complexity index is 292. The Morgan fingerprint density at radius 1 is 1.10 bits per heavy atom. The summed E-state index contributed by atoms with van der Waals surface area (Å²) in [6, 6.07) is 0. The van der Waals surface area contributed by atoms with Gasteiger partial charge in [-0.3, -0.25) is 13.2 Å². The van der Waals surface area contributed by atoms with Crippen molar-refractivity contribution >= 4 is 16.3 Å². The number of unbranched alkanes of at least 4 members (excludes halogenated alkanes) is 4. The molecule has 0 aliphatic heterocycles. The van der Waals surface area contributed by atoms with Crippen molar-refractivity contribution in [3.05, 3.63) is 0 Å². The van der Waals surface area contributed by atoms with E-state index in [2.05, 4.69) is 12.2 Å². The van der Waals surface area contributed by atoms with Gasteiger partial charge < -0.3 is 19.5 Å². The summed E-state index contributed by atoms with van der Waals surface area (Å²) in [5, 5.41) is 11.1. The summed E-state index contributed by atoms with van der Waals surface area (Å²) >= 11 is 0. The van der Waals surface area contributed by atoms with Crippen molar-refractivity contribution in [2.24, 2.45) is 0 Å². The molecular formula is C10H21NNa2O6S. The molecule has 0 fully saturated rings. The van der Waals surface area contributed by atoms with Crippen LogP contribution in [0.1, 0.15) is 45.4 Å². The minimum Gasteiger partial charge on any atom is -0.759 e. The number of hydrogen-bond acceptors (Lipinski definition) is 6. The Morgan fingerprint density at radius 2 is 1.55 bits per heavy atom. The second-order valence-corrected chi connectivity index (χ2v) is 4.46. The minimum atomic E-state index is -5.17. The first-order valence-corrected chi connectivity index (χ1v) is 7.18. The molecule has 0 rings (SSSR count). The van der Waals surface area contributed by atoms with E-state index in [-0.39, 0.29) is 71.6 Å². The van der Waals surface area contributed by atoms with Crippen LogP contribution < -0.4 is 64.4 Å². The SMILES string of the molecule is CCCCCCCC(=O)NCCO.O=S(=O)([O-])[O-].[Na+].[Na+]. The average molecular weight is 329 g/mol. The summed E-state index contributed by atoms with van der Waals surface area (Å²) in [6.07, 6.45) is 6.43. The van der Waals surface area contributed by atoms with Gasteiger partial charge in [-0.15, -0.1) is 0 Å².